The van der Waals surface area contributed by atoms with E-state index in [2.05, 4.69) is 52.8 Å². The Balaban J connectivity index is 1.64. The van der Waals surface area contributed by atoms with Crippen molar-refractivity contribution in [3.8, 4) is 11.4 Å². The van der Waals surface area contributed by atoms with E-state index in [0.717, 1.165) is 73.1 Å². The standard InChI is InChI=1S/C28H25N5O3/c1-14-11-20(33-18(5)30-25-15(2)10-16(3)29-27(25)33)12-22-23(14)24(17(4)26-31-28(34)36-32-26)21-9-7-6-8-19(21)13-35-22/h6-12H,13H2,1-5H3,(H,31,32,34)/b24-17-. The normalized spacial score (nSPS) is 14.2. The van der Waals surface area contributed by atoms with E-state index in [1.807, 2.05) is 39.0 Å². The molecular formula is C28H25N5O3. The highest BCUT2D eigenvalue weighted by Crippen LogP contribution is 2.43. The number of rotatable bonds is 2. The number of hydrogen-bond acceptors (Lipinski definition) is 6. The van der Waals surface area contributed by atoms with E-state index in [0.29, 0.717) is 12.4 Å². The van der Waals surface area contributed by atoms with Crippen LogP contribution in [0.5, 0.6) is 5.75 Å². The molecule has 1 aliphatic heterocycles. The van der Waals surface area contributed by atoms with Crippen LogP contribution in [0.1, 0.15) is 52.1 Å². The van der Waals surface area contributed by atoms with E-state index in [4.69, 9.17) is 19.2 Å². The van der Waals surface area contributed by atoms with Gasteiger partial charge in [-0.25, -0.2) is 14.8 Å². The largest absolute Gasteiger partial charge is 0.488 e. The Morgan fingerprint density at radius 3 is 2.61 bits per heavy atom. The highest BCUT2D eigenvalue weighted by atomic mass is 16.5. The Bertz CT molecular complexity index is 1770. The number of imidazole rings is 1. The third kappa shape index (κ3) is 3.37. The quantitative estimate of drug-likeness (QED) is 0.374. The lowest BCUT2D eigenvalue weighted by atomic mass is 9.88. The second-order valence-corrected chi connectivity index (χ2v) is 9.27. The first-order valence-corrected chi connectivity index (χ1v) is 11.8. The van der Waals surface area contributed by atoms with Crippen molar-refractivity contribution >= 4 is 22.3 Å². The minimum atomic E-state index is -0.587. The summed E-state index contributed by atoms with van der Waals surface area (Å²) in [6.45, 7) is 10.5. The van der Waals surface area contributed by atoms with E-state index >= 15 is 0 Å². The minimum absolute atomic E-state index is 0.396. The molecule has 0 aliphatic carbocycles. The monoisotopic (exact) mass is 479 g/mol. The van der Waals surface area contributed by atoms with Gasteiger partial charge in [0.05, 0.1) is 5.69 Å². The van der Waals surface area contributed by atoms with Gasteiger partial charge in [-0.3, -0.25) is 14.1 Å². The van der Waals surface area contributed by atoms with E-state index in [1.54, 1.807) is 0 Å². The number of benzene rings is 2. The number of H-pyrrole nitrogens is 1. The number of aromatic amines is 1. The van der Waals surface area contributed by atoms with Crippen LogP contribution < -0.4 is 10.5 Å². The Morgan fingerprint density at radius 1 is 1.03 bits per heavy atom. The summed E-state index contributed by atoms with van der Waals surface area (Å²) in [5.74, 6) is 1.41. The molecule has 0 spiro atoms. The Labute approximate surface area is 207 Å². The second-order valence-electron chi connectivity index (χ2n) is 9.27. The predicted octanol–water partition coefficient (Wildman–Crippen LogP) is 5.20. The molecule has 2 aromatic carbocycles. The molecule has 36 heavy (non-hydrogen) atoms. The molecule has 8 heteroatoms. The summed E-state index contributed by atoms with van der Waals surface area (Å²) in [5, 5.41) is 3.96. The van der Waals surface area contributed by atoms with Crippen molar-refractivity contribution < 1.29 is 9.26 Å². The number of ether oxygens (including phenoxy) is 1. The molecule has 180 valence electrons. The number of nitrogens with one attached hydrogen (secondary N) is 1. The molecule has 1 N–H and O–H groups in total. The molecule has 1 aliphatic rings. The zero-order chi connectivity index (χ0) is 25.1. The van der Waals surface area contributed by atoms with Crippen LogP contribution in [-0.2, 0) is 6.61 Å². The third-order valence-electron chi connectivity index (χ3n) is 6.73. The van der Waals surface area contributed by atoms with Crippen LogP contribution >= 0.6 is 0 Å². The SMILES string of the molecule is C/C(=C1\c2ccccc2COc2cc(-n3c(C)nc4c(C)cc(C)nc43)cc(C)c21)c1noc(=O)[nH]1. The van der Waals surface area contributed by atoms with Crippen molar-refractivity contribution in [3.63, 3.8) is 0 Å². The molecule has 4 heterocycles. The van der Waals surface area contributed by atoms with Gasteiger partial charge in [0.1, 0.15) is 23.7 Å². The molecule has 0 fully saturated rings. The van der Waals surface area contributed by atoms with E-state index in [-0.39, 0.29) is 0 Å². The van der Waals surface area contributed by atoms with Crippen molar-refractivity contribution in [2.24, 2.45) is 0 Å². The van der Waals surface area contributed by atoms with Crippen LogP contribution in [0.15, 0.2) is 51.8 Å². The maximum atomic E-state index is 11.7. The summed E-state index contributed by atoms with van der Waals surface area (Å²) in [6.07, 6.45) is 0. The topological polar surface area (TPSA) is 98.8 Å². The lowest BCUT2D eigenvalue weighted by Crippen LogP contribution is -2.04. The van der Waals surface area contributed by atoms with Gasteiger partial charge in [-0.2, -0.15) is 0 Å². The maximum Gasteiger partial charge on any atom is 0.439 e. The van der Waals surface area contributed by atoms with Gasteiger partial charge in [0.25, 0.3) is 0 Å². The number of hydrogen-bond donors (Lipinski definition) is 1. The van der Waals surface area contributed by atoms with E-state index in [9.17, 15) is 4.79 Å². The number of aryl methyl sites for hydroxylation is 4. The van der Waals surface area contributed by atoms with E-state index in [1.165, 1.54) is 0 Å². The molecule has 5 aromatic rings. The highest BCUT2D eigenvalue weighted by Gasteiger charge is 2.26. The minimum Gasteiger partial charge on any atom is -0.488 e. The molecule has 6 rings (SSSR count). The molecule has 0 saturated carbocycles. The average molecular weight is 480 g/mol. The van der Waals surface area contributed by atoms with E-state index < -0.39 is 5.76 Å². The second kappa shape index (κ2) is 8.05. The average Bonchev–Trinajstić information content (AvgIpc) is 3.37. The molecule has 0 radical (unpaired) electrons. The van der Waals surface area contributed by atoms with Crippen molar-refractivity contribution in [2.75, 3.05) is 0 Å². The van der Waals surface area contributed by atoms with Crippen LogP contribution in [0.25, 0.3) is 28.0 Å². The van der Waals surface area contributed by atoms with Crippen LogP contribution in [-0.4, -0.2) is 24.7 Å². The molecule has 0 bridgehead atoms. The molecule has 0 unspecified atom stereocenters. The number of pyridine rings is 1. The molecule has 0 atom stereocenters. The van der Waals surface area contributed by atoms with Gasteiger partial charge in [0.15, 0.2) is 11.5 Å². The molecule has 0 saturated heterocycles. The summed E-state index contributed by atoms with van der Waals surface area (Å²) in [4.78, 5) is 24.0. The third-order valence-corrected chi connectivity index (χ3v) is 6.73. The fourth-order valence-corrected chi connectivity index (χ4v) is 5.16. The van der Waals surface area contributed by atoms with Crippen LogP contribution in [0.3, 0.4) is 0 Å². The lowest BCUT2D eigenvalue weighted by Gasteiger charge is -2.18. The number of fused-ring (bicyclic) bond motifs is 3. The smallest absolute Gasteiger partial charge is 0.439 e. The number of allylic oxidation sites excluding steroid dienone is 1. The molecule has 0 amide bonds. The molecule has 3 aromatic heterocycles. The summed E-state index contributed by atoms with van der Waals surface area (Å²) in [6, 6.07) is 14.3. The van der Waals surface area contributed by atoms with Crippen molar-refractivity contribution in [1.29, 1.82) is 0 Å². The maximum absolute atomic E-state index is 11.7. The zero-order valence-corrected chi connectivity index (χ0v) is 20.8. The number of aromatic nitrogens is 5. The first kappa shape index (κ1) is 22.0. The summed E-state index contributed by atoms with van der Waals surface area (Å²) >= 11 is 0. The van der Waals surface area contributed by atoms with Gasteiger partial charge < -0.3 is 4.74 Å². The van der Waals surface area contributed by atoms with Gasteiger partial charge in [0.2, 0.25) is 0 Å². The summed E-state index contributed by atoms with van der Waals surface area (Å²) in [5.41, 5.74) is 10.5. The van der Waals surface area contributed by atoms with Crippen LogP contribution in [0, 0.1) is 27.7 Å². The summed E-state index contributed by atoms with van der Waals surface area (Å²) in [7, 11) is 0. The fourth-order valence-electron chi connectivity index (χ4n) is 5.16. The van der Waals surface area contributed by atoms with Crippen molar-refractivity contribution in [1.82, 2.24) is 24.7 Å². The van der Waals surface area contributed by atoms with Crippen LogP contribution in [0.2, 0.25) is 0 Å². The molecular weight excluding hydrogens is 454 g/mol. The van der Waals surface area contributed by atoms with Gasteiger partial charge in [-0.15, -0.1) is 0 Å². The first-order chi connectivity index (χ1) is 17.3. The van der Waals surface area contributed by atoms with Gasteiger partial charge in [0, 0.05) is 22.9 Å². The van der Waals surface area contributed by atoms with Gasteiger partial charge in [-0.05, 0) is 74.6 Å². The van der Waals surface area contributed by atoms with Crippen molar-refractivity contribution in [2.45, 2.75) is 41.2 Å². The summed E-state index contributed by atoms with van der Waals surface area (Å²) < 4.78 is 13.3. The Hall–Kier alpha value is -4.46. The highest BCUT2D eigenvalue weighted by molar-refractivity contribution is 6.00. The van der Waals surface area contributed by atoms with Gasteiger partial charge in [-0.1, -0.05) is 29.4 Å². The van der Waals surface area contributed by atoms with Crippen molar-refractivity contribution in [3.05, 3.63) is 98.2 Å². The zero-order valence-electron chi connectivity index (χ0n) is 20.8. The first-order valence-electron chi connectivity index (χ1n) is 11.8. The van der Waals surface area contributed by atoms with Crippen LogP contribution in [0.4, 0.5) is 0 Å². The Morgan fingerprint density at radius 2 is 1.83 bits per heavy atom. The Kier molecular flexibility index (Phi) is 4.93. The fraction of sp³-hybridized carbons (Fsp3) is 0.214. The molecule has 8 nitrogen and oxygen atoms in total. The lowest BCUT2D eigenvalue weighted by molar-refractivity contribution is 0.307. The predicted molar refractivity (Wildman–Crippen MR) is 137 cm³/mol. The van der Waals surface area contributed by atoms with Gasteiger partial charge >= 0.3 is 5.76 Å². The number of nitrogens with zero attached hydrogens (tertiary/aromatic N) is 4.